The molecule has 1 fully saturated rings. The van der Waals surface area contributed by atoms with E-state index in [2.05, 4.69) is 12.2 Å². The quantitative estimate of drug-likeness (QED) is 0.750. The van der Waals surface area contributed by atoms with Crippen molar-refractivity contribution in [1.29, 1.82) is 0 Å². The number of hydrogen-bond acceptors (Lipinski definition) is 3. The minimum Gasteiger partial charge on any atom is -0.480 e. The molecule has 1 amide bonds. The zero-order valence-corrected chi connectivity index (χ0v) is 12.1. The number of carboxylic acid groups (broad SMARTS) is 1. The van der Waals surface area contributed by atoms with E-state index in [0.29, 0.717) is 12.3 Å². The van der Waals surface area contributed by atoms with Crippen LogP contribution in [0.3, 0.4) is 0 Å². The maximum absolute atomic E-state index is 12.5. The van der Waals surface area contributed by atoms with Crippen LogP contribution in [0.2, 0.25) is 0 Å². The zero-order chi connectivity index (χ0) is 15.1. The largest absolute Gasteiger partial charge is 0.480 e. The number of carbonyl (C=O) groups is 2. The predicted octanol–water partition coefficient (Wildman–Crippen LogP) is 1.90. The van der Waals surface area contributed by atoms with Gasteiger partial charge in [-0.05, 0) is 25.2 Å². The van der Waals surface area contributed by atoms with E-state index in [1.54, 1.807) is 6.92 Å². The van der Waals surface area contributed by atoms with E-state index in [1.165, 1.54) is 6.42 Å². The summed E-state index contributed by atoms with van der Waals surface area (Å²) in [5, 5.41) is 10.9. The highest BCUT2D eigenvalue weighted by Gasteiger charge is 2.28. The van der Waals surface area contributed by atoms with Crippen LogP contribution in [0.15, 0.2) is 0 Å². The van der Waals surface area contributed by atoms with E-state index >= 15 is 0 Å². The number of rotatable bonds is 7. The highest BCUT2D eigenvalue weighted by molar-refractivity contribution is 5.86. The van der Waals surface area contributed by atoms with E-state index < -0.39 is 30.7 Å². The maximum Gasteiger partial charge on any atom is 0.328 e. The first kappa shape index (κ1) is 16.9. The number of hydrogen-bond donors (Lipinski definition) is 2. The van der Waals surface area contributed by atoms with E-state index in [9.17, 15) is 14.0 Å². The molecular formula is C14H24FNO4. The van der Waals surface area contributed by atoms with Crippen LogP contribution in [0.1, 0.15) is 46.0 Å². The molecule has 4 unspecified atom stereocenters. The van der Waals surface area contributed by atoms with Crippen LogP contribution in [-0.2, 0) is 14.3 Å². The van der Waals surface area contributed by atoms with Gasteiger partial charge in [-0.1, -0.05) is 26.7 Å². The Balaban J connectivity index is 2.51. The van der Waals surface area contributed by atoms with Gasteiger partial charge in [-0.2, -0.15) is 0 Å². The average molecular weight is 289 g/mol. The van der Waals surface area contributed by atoms with Crippen LogP contribution < -0.4 is 5.32 Å². The van der Waals surface area contributed by atoms with E-state index in [1.807, 2.05) is 0 Å². The third-order valence-corrected chi connectivity index (χ3v) is 3.68. The van der Waals surface area contributed by atoms with Gasteiger partial charge in [-0.25, -0.2) is 9.18 Å². The summed E-state index contributed by atoms with van der Waals surface area (Å²) in [4.78, 5) is 22.7. The first-order chi connectivity index (χ1) is 9.47. The van der Waals surface area contributed by atoms with Gasteiger partial charge < -0.3 is 15.2 Å². The highest BCUT2D eigenvalue weighted by Crippen LogP contribution is 2.26. The molecule has 0 aromatic carbocycles. The number of ether oxygens (including phenoxy) is 1. The Hall–Kier alpha value is -1.17. The molecule has 0 heterocycles. The number of carboxylic acids is 1. The fourth-order valence-corrected chi connectivity index (χ4v) is 2.51. The molecule has 1 aliphatic rings. The fourth-order valence-electron chi connectivity index (χ4n) is 2.51. The summed E-state index contributed by atoms with van der Waals surface area (Å²) in [6.07, 6.45) is 3.84. The standard InChI is InChI=1S/C14H24FNO4/c1-3-12(13(17)16-11(8-15)14(18)19)20-10-6-4-5-9(2)7-10/h9-12H,3-8H2,1-2H3,(H,16,17)(H,18,19). The second-order valence-electron chi connectivity index (χ2n) is 5.48. The van der Waals surface area contributed by atoms with Crippen LogP contribution in [0.25, 0.3) is 0 Å². The molecule has 0 aromatic heterocycles. The molecule has 0 saturated heterocycles. The summed E-state index contributed by atoms with van der Waals surface area (Å²) in [7, 11) is 0. The Morgan fingerprint density at radius 1 is 1.45 bits per heavy atom. The molecule has 20 heavy (non-hydrogen) atoms. The van der Waals surface area contributed by atoms with Crippen LogP contribution in [0, 0.1) is 5.92 Å². The number of nitrogens with one attached hydrogen (secondary N) is 1. The van der Waals surface area contributed by atoms with Gasteiger partial charge in [-0.15, -0.1) is 0 Å². The lowest BCUT2D eigenvalue weighted by molar-refractivity contribution is -0.147. The van der Waals surface area contributed by atoms with Crippen LogP contribution in [-0.4, -0.2) is 41.9 Å². The third-order valence-electron chi connectivity index (χ3n) is 3.68. The van der Waals surface area contributed by atoms with Gasteiger partial charge in [0.2, 0.25) is 5.91 Å². The van der Waals surface area contributed by atoms with Crippen molar-refractivity contribution in [3.63, 3.8) is 0 Å². The highest BCUT2D eigenvalue weighted by atomic mass is 19.1. The van der Waals surface area contributed by atoms with Gasteiger partial charge >= 0.3 is 5.97 Å². The summed E-state index contributed by atoms with van der Waals surface area (Å²) in [5.41, 5.74) is 0. The lowest BCUT2D eigenvalue weighted by Gasteiger charge is -2.30. The molecular weight excluding hydrogens is 265 g/mol. The van der Waals surface area contributed by atoms with Crippen molar-refractivity contribution in [3.05, 3.63) is 0 Å². The van der Waals surface area contributed by atoms with Crippen molar-refractivity contribution in [2.45, 2.75) is 64.2 Å². The average Bonchev–Trinajstić information content (AvgIpc) is 2.41. The zero-order valence-electron chi connectivity index (χ0n) is 12.1. The monoisotopic (exact) mass is 289 g/mol. The van der Waals surface area contributed by atoms with Crippen LogP contribution >= 0.6 is 0 Å². The smallest absolute Gasteiger partial charge is 0.328 e. The van der Waals surface area contributed by atoms with Gasteiger partial charge in [0.05, 0.1) is 6.10 Å². The van der Waals surface area contributed by atoms with E-state index in [-0.39, 0.29) is 6.10 Å². The second-order valence-corrected chi connectivity index (χ2v) is 5.48. The van der Waals surface area contributed by atoms with Gasteiger partial charge in [0, 0.05) is 0 Å². The molecule has 5 nitrogen and oxygen atoms in total. The maximum atomic E-state index is 12.5. The number of amides is 1. The molecule has 1 saturated carbocycles. The first-order valence-corrected chi connectivity index (χ1v) is 7.22. The Labute approximate surface area is 118 Å². The van der Waals surface area contributed by atoms with Crippen molar-refractivity contribution in [1.82, 2.24) is 5.32 Å². The number of carbonyl (C=O) groups excluding carboxylic acids is 1. The lowest BCUT2D eigenvalue weighted by atomic mass is 9.88. The van der Waals surface area contributed by atoms with Crippen LogP contribution in [0.5, 0.6) is 0 Å². The van der Waals surface area contributed by atoms with Crippen molar-refractivity contribution in [2.75, 3.05) is 6.67 Å². The number of aliphatic carboxylic acids is 1. The van der Waals surface area contributed by atoms with Gasteiger partial charge in [-0.3, -0.25) is 4.79 Å². The van der Waals surface area contributed by atoms with E-state index in [4.69, 9.17) is 9.84 Å². The molecule has 116 valence electrons. The fraction of sp³-hybridized carbons (Fsp3) is 0.857. The lowest BCUT2D eigenvalue weighted by Crippen LogP contribution is -2.48. The topological polar surface area (TPSA) is 75.6 Å². The van der Waals surface area contributed by atoms with Crippen molar-refractivity contribution in [3.8, 4) is 0 Å². The number of halogens is 1. The Bertz CT molecular complexity index is 337. The third kappa shape index (κ3) is 5.07. The number of alkyl halides is 1. The molecule has 2 N–H and O–H groups in total. The molecule has 1 aliphatic carbocycles. The summed E-state index contributed by atoms with van der Waals surface area (Å²) in [6, 6.07) is -1.49. The summed E-state index contributed by atoms with van der Waals surface area (Å²) in [6.45, 7) is 2.82. The normalized spacial score (nSPS) is 25.8. The summed E-state index contributed by atoms with van der Waals surface area (Å²) in [5.74, 6) is -1.34. The SMILES string of the molecule is CCC(OC1CCCC(C)C1)C(=O)NC(CF)C(=O)O. The molecule has 0 spiro atoms. The molecule has 0 bridgehead atoms. The molecule has 0 aromatic rings. The van der Waals surface area contributed by atoms with E-state index in [0.717, 1.165) is 19.3 Å². The molecule has 0 aliphatic heterocycles. The minimum absolute atomic E-state index is 0.0307. The first-order valence-electron chi connectivity index (χ1n) is 7.22. The van der Waals surface area contributed by atoms with Crippen molar-refractivity contribution < 1.29 is 23.8 Å². The molecule has 6 heteroatoms. The van der Waals surface area contributed by atoms with Crippen LogP contribution in [0.4, 0.5) is 4.39 Å². The minimum atomic E-state index is -1.49. The Morgan fingerprint density at radius 3 is 2.65 bits per heavy atom. The summed E-state index contributed by atoms with van der Waals surface area (Å²) >= 11 is 0. The Morgan fingerprint density at radius 2 is 2.15 bits per heavy atom. The predicted molar refractivity (Wildman–Crippen MR) is 72.1 cm³/mol. The molecule has 1 rings (SSSR count). The van der Waals surface area contributed by atoms with Gasteiger partial charge in [0.15, 0.2) is 6.04 Å². The van der Waals surface area contributed by atoms with Crippen molar-refractivity contribution in [2.24, 2.45) is 5.92 Å². The van der Waals surface area contributed by atoms with Crippen molar-refractivity contribution >= 4 is 11.9 Å². The van der Waals surface area contributed by atoms with Gasteiger partial charge in [0.1, 0.15) is 12.8 Å². The Kier molecular flexibility index (Phi) is 6.91. The molecule has 0 radical (unpaired) electrons. The van der Waals surface area contributed by atoms with Gasteiger partial charge in [0.25, 0.3) is 0 Å². The second kappa shape index (κ2) is 8.19. The molecule has 4 atom stereocenters. The summed E-state index contributed by atoms with van der Waals surface area (Å²) < 4.78 is 18.3.